The lowest BCUT2D eigenvalue weighted by Crippen LogP contribution is -2.49. The van der Waals surface area contributed by atoms with Crippen LogP contribution >= 0.6 is 0 Å². The highest BCUT2D eigenvalue weighted by Crippen LogP contribution is 2.46. The molecular formula is C26H33N7O2. The van der Waals surface area contributed by atoms with Crippen molar-refractivity contribution in [2.75, 3.05) is 58.5 Å². The van der Waals surface area contributed by atoms with Gasteiger partial charge in [-0.05, 0) is 24.8 Å². The predicted molar refractivity (Wildman–Crippen MR) is 140 cm³/mol. The van der Waals surface area contributed by atoms with Gasteiger partial charge in [0.15, 0.2) is 17.5 Å². The SMILES string of the molecule is CNc1nc(N)c2c(CC3(c4ccccc4)CCN(C4=NCCN4)CC3)c(OC)c(OC)cc2n1. The predicted octanol–water partition coefficient (Wildman–Crippen LogP) is 2.81. The largest absolute Gasteiger partial charge is 0.493 e. The third kappa shape index (κ3) is 4.15. The Morgan fingerprint density at radius 1 is 1.11 bits per heavy atom. The van der Waals surface area contributed by atoms with Gasteiger partial charge < -0.3 is 30.7 Å². The van der Waals surface area contributed by atoms with E-state index in [1.54, 1.807) is 21.3 Å². The summed E-state index contributed by atoms with van der Waals surface area (Å²) >= 11 is 0. The molecule has 0 unspecified atom stereocenters. The maximum atomic E-state index is 6.52. The second kappa shape index (κ2) is 9.48. The molecule has 0 atom stereocenters. The maximum Gasteiger partial charge on any atom is 0.224 e. The van der Waals surface area contributed by atoms with Gasteiger partial charge in [-0.1, -0.05) is 30.3 Å². The fraction of sp³-hybridized carbons (Fsp3) is 0.423. The van der Waals surface area contributed by atoms with Gasteiger partial charge in [0.25, 0.3) is 0 Å². The van der Waals surface area contributed by atoms with E-state index < -0.39 is 0 Å². The van der Waals surface area contributed by atoms with Gasteiger partial charge in [0, 0.05) is 49.1 Å². The Morgan fingerprint density at radius 2 is 1.89 bits per heavy atom. The van der Waals surface area contributed by atoms with Gasteiger partial charge in [-0.25, -0.2) is 4.98 Å². The number of nitrogen functional groups attached to an aromatic ring is 1. The minimum absolute atomic E-state index is 0.113. The monoisotopic (exact) mass is 475 g/mol. The average Bonchev–Trinajstić information content (AvgIpc) is 3.44. The Labute approximate surface area is 205 Å². The van der Waals surface area contributed by atoms with Gasteiger partial charge >= 0.3 is 0 Å². The average molecular weight is 476 g/mol. The van der Waals surface area contributed by atoms with Gasteiger partial charge in [0.05, 0.1) is 26.3 Å². The number of benzene rings is 2. The standard InChI is InChI=1S/C26H33N7O2/c1-28-24-31-19-15-20(34-2)22(35-3)18(21(19)23(27)32-24)16-26(17-7-5-4-6-8-17)9-13-33(14-10-26)25-29-11-12-30-25/h4-8,15H,9-14,16H2,1-3H3,(H,29,30)(H3,27,28,31,32). The van der Waals surface area contributed by atoms with Crippen molar-refractivity contribution in [3.63, 3.8) is 0 Å². The molecule has 4 N–H and O–H groups in total. The van der Waals surface area contributed by atoms with Crippen molar-refractivity contribution in [2.24, 2.45) is 4.99 Å². The van der Waals surface area contributed by atoms with Crippen LogP contribution in [-0.4, -0.2) is 68.3 Å². The molecule has 1 saturated heterocycles. The van der Waals surface area contributed by atoms with E-state index in [1.165, 1.54) is 5.56 Å². The Kier molecular flexibility index (Phi) is 6.23. The molecule has 5 rings (SSSR count). The number of ether oxygens (including phenoxy) is 2. The van der Waals surface area contributed by atoms with Crippen LogP contribution in [0, 0.1) is 0 Å². The second-order valence-electron chi connectivity index (χ2n) is 9.11. The Balaban J connectivity index is 1.63. The zero-order valence-corrected chi connectivity index (χ0v) is 20.6. The van der Waals surface area contributed by atoms with Crippen molar-refractivity contribution >= 4 is 28.6 Å². The molecule has 184 valence electrons. The van der Waals surface area contributed by atoms with Crippen molar-refractivity contribution in [2.45, 2.75) is 24.7 Å². The summed E-state index contributed by atoms with van der Waals surface area (Å²) in [7, 11) is 5.11. The van der Waals surface area contributed by atoms with Gasteiger partial charge in [0.1, 0.15) is 5.82 Å². The van der Waals surface area contributed by atoms with E-state index in [0.717, 1.165) is 67.9 Å². The van der Waals surface area contributed by atoms with E-state index in [4.69, 9.17) is 15.2 Å². The Morgan fingerprint density at radius 3 is 2.51 bits per heavy atom. The molecule has 2 aliphatic rings. The number of methoxy groups -OCH3 is 2. The fourth-order valence-electron chi connectivity index (χ4n) is 5.46. The summed E-state index contributed by atoms with van der Waals surface area (Å²) in [5, 5.41) is 7.23. The van der Waals surface area contributed by atoms with E-state index in [0.29, 0.717) is 23.3 Å². The van der Waals surface area contributed by atoms with Crippen LogP contribution in [0.4, 0.5) is 11.8 Å². The minimum Gasteiger partial charge on any atom is -0.493 e. The van der Waals surface area contributed by atoms with Crippen LogP contribution < -0.4 is 25.8 Å². The third-order valence-corrected chi connectivity index (χ3v) is 7.26. The molecule has 1 aromatic heterocycles. The van der Waals surface area contributed by atoms with Gasteiger partial charge in [0.2, 0.25) is 5.95 Å². The summed E-state index contributed by atoms with van der Waals surface area (Å²) in [6.45, 7) is 3.59. The summed E-state index contributed by atoms with van der Waals surface area (Å²) in [5.74, 6) is 3.25. The van der Waals surface area contributed by atoms with E-state index in [2.05, 4.69) is 60.8 Å². The summed E-state index contributed by atoms with van der Waals surface area (Å²) in [4.78, 5) is 16.2. The van der Waals surface area contributed by atoms with Gasteiger partial charge in [-0.3, -0.25) is 4.99 Å². The van der Waals surface area contributed by atoms with Crippen LogP contribution in [0.25, 0.3) is 10.9 Å². The number of hydrogen-bond acceptors (Lipinski definition) is 9. The molecular weight excluding hydrogens is 442 g/mol. The van der Waals surface area contributed by atoms with Gasteiger partial charge in [-0.15, -0.1) is 0 Å². The Bertz CT molecular complexity index is 1240. The van der Waals surface area contributed by atoms with E-state index >= 15 is 0 Å². The molecule has 0 amide bonds. The number of likely N-dealkylation sites (tertiary alicyclic amines) is 1. The molecule has 1 fully saturated rings. The molecule has 9 heteroatoms. The van der Waals surface area contributed by atoms with Crippen molar-refractivity contribution in [3.8, 4) is 11.5 Å². The van der Waals surface area contributed by atoms with Crippen LogP contribution in [0.15, 0.2) is 41.4 Å². The van der Waals surface area contributed by atoms with Crippen molar-refractivity contribution < 1.29 is 9.47 Å². The van der Waals surface area contributed by atoms with E-state index in [9.17, 15) is 0 Å². The first-order chi connectivity index (χ1) is 17.1. The topological polar surface area (TPSA) is 110 Å². The van der Waals surface area contributed by atoms with Crippen LogP contribution in [0.3, 0.4) is 0 Å². The highest BCUT2D eigenvalue weighted by Gasteiger charge is 2.39. The number of nitrogens with zero attached hydrogens (tertiary/aromatic N) is 4. The number of aromatic nitrogens is 2. The number of aliphatic imine (C=N–C) groups is 1. The molecule has 2 aliphatic heterocycles. The summed E-state index contributed by atoms with van der Waals surface area (Å²) in [5.41, 5.74) is 9.44. The van der Waals surface area contributed by atoms with E-state index in [1.807, 2.05) is 6.07 Å². The molecule has 0 radical (unpaired) electrons. The number of nitrogens with two attached hydrogens (primary N) is 1. The second-order valence-corrected chi connectivity index (χ2v) is 9.11. The van der Waals surface area contributed by atoms with Gasteiger partial charge in [-0.2, -0.15) is 4.98 Å². The van der Waals surface area contributed by atoms with Crippen molar-refractivity contribution in [1.29, 1.82) is 0 Å². The number of nitrogens with one attached hydrogen (secondary N) is 2. The first-order valence-electron chi connectivity index (χ1n) is 12.1. The van der Waals surface area contributed by atoms with Crippen LogP contribution in [0.1, 0.15) is 24.0 Å². The zero-order chi connectivity index (χ0) is 24.4. The molecule has 0 saturated carbocycles. The highest BCUT2D eigenvalue weighted by atomic mass is 16.5. The maximum absolute atomic E-state index is 6.52. The van der Waals surface area contributed by atoms with Crippen LogP contribution in [-0.2, 0) is 11.8 Å². The molecule has 0 spiro atoms. The summed E-state index contributed by atoms with van der Waals surface area (Å²) in [6.07, 6.45) is 2.66. The first kappa shape index (κ1) is 23.0. The smallest absolute Gasteiger partial charge is 0.224 e. The molecule has 3 heterocycles. The molecule has 0 aliphatic carbocycles. The Hall–Kier alpha value is -3.75. The fourth-order valence-corrected chi connectivity index (χ4v) is 5.46. The van der Waals surface area contributed by atoms with Crippen LogP contribution in [0.5, 0.6) is 11.5 Å². The highest BCUT2D eigenvalue weighted by molar-refractivity contribution is 5.95. The minimum atomic E-state index is -0.113. The number of piperidine rings is 1. The molecule has 3 aromatic rings. The van der Waals surface area contributed by atoms with E-state index in [-0.39, 0.29) is 5.41 Å². The number of guanidine groups is 1. The molecule has 9 nitrogen and oxygen atoms in total. The van der Waals surface area contributed by atoms with Crippen molar-refractivity contribution in [3.05, 3.63) is 47.5 Å². The lowest BCUT2D eigenvalue weighted by molar-refractivity contribution is 0.219. The van der Waals surface area contributed by atoms with Crippen molar-refractivity contribution in [1.82, 2.24) is 20.2 Å². The lowest BCUT2D eigenvalue weighted by Gasteiger charge is -2.43. The number of rotatable bonds is 6. The number of hydrogen-bond donors (Lipinski definition) is 3. The summed E-state index contributed by atoms with van der Waals surface area (Å²) < 4.78 is 11.7. The third-order valence-electron chi connectivity index (χ3n) is 7.26. The molecule has 0 bridgehead atoms. The quantitative estimate of drug-likeness (QED) is 0.499. The zero-order valence-electron chi connectivity index (χ0n) is 20.6. The summed E-state index contributed by atoms with van der Waals surface area (Å²) in [6, 6.07) is 12.6. The first-order valence-corrected chi connectivity index (χ1v) is 12.1. The molecule has 35 heavy (non-hydrogen) atoms. The lowest BCUT2D eigenvalue weighted by atomic mass is 9.68. The number of fused-ring (bicyclic) bond motifs is 1. The van der Waals surface area contributed by atoms with Crippen LogP contribution in [0.2, 0.25) is 0 Å². The normalized spacial score (nSPS) is 17.1. The number of anilines is 2. The molecule has 2 aromatic carbocycles.